The van der Waals surface area contributed by atoms with Crippen LogP contribution in [0, 0.1) is 0 Å². The molecule has 0 radical (unpaired) electrons. The molecule has 29 heavy (non-hydrogen) atoms. The SMILES string of the molecule is CC(=O)N[C@H]1[C@@H](O[C@H]2[C@H](O)[C@@H](O)CN[C@@H]2CO)O[C@H](COS(=O)(=O)O)[C@@H](O)[C@@H]1O. The van der Waals surface area contributed by atoms with Crippen LogP contribution in [0.15, 0.2) is 0 Å². The Balaban J connectivity index is 2.23. The Labute approximate surface area is 166 Å². The molecular weight excluding hydrogens is 420 g/mol. The fraction of sp³-hybridized carbons (Fsp3) is 0.929. The topological polar surface area (TPSA) is 224 Å². The number of hydrogen-bond acceptors (Lipinski definition) is 12. The van der Waals surface area contributed by atoms with Gasteiger partial charge in [0.2, 0.25) is 5.91 Å². The van der Waals surface area contributed by atoms with E-state index in [0.717, 1.165) is 6.92 Å². The molecule has 0 saturated carbocycles. The summed E-state index contributed by atoms with van der Waals surface area (Å²) < 4.78 is 45.4. The second-order valence-corrected chi connectivity index (χ2v) is 7.91. The molecule has 14 nitrogen and oxygen atoms in total. The van der Waals surface area contributed by atoms with Gasteiger partial charge in [-0.05, 0) is 0 Å². The minimum absolute atomic E-state index is 0.0287. The molecule has 2 aliphatic rings. The molecule has 15 heteroatoms. The Kier molecular flexibility index (Phi) is 8.28. The average molecular weight is 446 g/mol. The van der Waals surface area contributed by atoms with E-state index in [-0.39, 0.29) is 6.54 Å². The first kappa shape index (κ1) is 24.3. The van der Waals surface area contributed by atoms with E-state index in [9.17, 15) is 38.7 Å². The summed E-state index contributed by atoms with van der Waals surface area (Å²) in [6, 6.07) is -2.19. The van der Waals surface area contributed by atoms with Crippen LogP contribution in [0.2, 0.25) is 0 Å². The predicted molar refractivity (Wildman–Crippen MR) is 91.5 cm³/mol. The van der Waals surface area contributed by atoms with Crippen LogP contribution in [-0.4, -0.2) is 119 Å². The van der Waals surface area contributed by atoms with Crippen molar-refractivity contribution >= 4 is 16.3 Å². The molecule has 170 valence electrons. The highest BCUT2D eigenvalue weighted by molar-refractivity contribution is 7.80. The normalized spacial score (nSPS) is 41.1. The molecule has 0 bridgehead atoms. The molecule has 2 aliphatic heterocycles. The highest BCUT2D eigenvalue weighted by Gasteiger charge is 2.49. The second-order valence-electron chi connectivity index (χ2n) is 6.82. The maximum atomic E-state index is 11.5. The third kappa shape index (κ3) is 6.25. The Bertz CT molecular complexity index is 661. The van der Waals surface area contributed by atoms with Gasteiger partial charge in [0, 0.05) is 13.5 Å². The molecule has 2 fully saturated rings. The van der Waals surface area contributed by atoms with Crippen LogP contribution in [0.1, 0.15) is 6.92 Å². The molecule has 2 saturated heterocycles. The van der Waals surface area contributed by atoms with Crippen LogP contribution in [-0.2, 0) is 28.9 Å². The van der Waals surface area contributed by atoms with Crippen LogP contribution in [0.25, 0.3) is 0 Å². The number of piperidine rings is 1. The summed E-state index contributed by atoms with van der Waals surface area (Å²) in [6.45, 7) is -0.284. The summed E-state index contributed by atoms with van der Waals surface area (Å²) in [4.78, 5) is 11.5. The van der Waals surface area contributed by atoms with E-state index in [1.165, 1.54) is 0 Å². The summed E-state index contributed by atoms with van der Waals surface area (Å²) in [5, 5.41) is 55.1. The van der Waals surface area contributed by atoms with Gasteiger partial charge >= 0.3 is 10.4 Å². The lowest BCUT2D eigenvalue weighted by Crippen LogP contribution is -2.68. The fourth-order valence-electron chi connectivity index (χ4n) is 3.19. The van der Waals surface area contributed by atoms with Gasteiger partial charge in [0.25, 0.3) is 0 Å². The van der Waals surface area contributed by atoms with Crippen molar-refractivity contribution in [1.29, 1.82) is 0 Å². The molecule has 2 rings (SSSR count). The van der Waals surface area contributed by atoms with Gasteiger partial charge in [-0.15, -0.1) is 0 Å². The van der Waals surface area contributed by atoms with Crippen LogP contribution in [0.4, 0.5) is 0 Å². The molecule has 8 N–H and O–H groups in total. The van der Waals surface area contributed by atoms with Crippen LogP contribution in [0.3, 0.4) is 0 Å². The Morgan fingerprint density at radius 2 is 1.86 bits per heavy atom. The standard InChI is InChI=1S/C14H26N2O12S/c1-5(18)16-9-12(22)11(21)8(4-26-29(23,24)25)27-14(9)28-13-6(3-17)15-2-7(19)10(13)20/h6-15,17,19-22H,2-4H2,1H3,(H,16,18)(H,23,24,25)/t6-,7+,8-,9-,10-,11-,12-,13-,14-/m1/s1. The van der Waals surface area contributed by atoms with E-state index >= 15 is 0 Å². The van der Waals surface area contributed by atoms with Crippen molar-refractivity contribution in [2.75, 3.05) is 19.8 Å². The van der Waals surface area contributed by atoms with Crippen LogP contribution in [0.5, 0.6) is 0 Å². The van der Waals surface area contributed by atoms with Gasteiger partial charge in [0.05, 0.1) is 25.4 Å². The maximum absolute atomic E-state index is 11.5. The van der Waals surface area contributed by atoms with E-state index in [1.54, 1.807) is 0 Å². The first-order valence-electron chi connectivity index (χ1n) is 8.71. The first-order valence-corrected chi connectivity index (χ1v) is 10.1. The molecule has 0 aromatic rings. The zero-order valence-corrected chi connectivity index (χ0v) is 16.2. The average Bonchev–Trinajstić information content (AvgIpc) is 2.63. The largest absolute Gasteiger partial charge is 0.397 e. The van der Waals surface area contributed by atoms with E-state index < -0.39 is 84.5 Å². The molecule has 0 aromatic carbocycles. The number of aliphatic hydroxyl groups excluding tert-OH is 5. The Hall–Kier alpha value is -0.980. The third-order valence-corrected chi connectivity index (χ3v) is 5.09. The third-order valence-electron chi connectivity index (χ3n) is 4.66. The number of β-amino-alcohol motifs (C(OH)–C–C–N with tert-alkyl or cyclic N) is 1. The van der Waals surface area contributed by atoms with Crippen molar-refractivity contribution in [3.8, 4) is 0 Å². The quantitative estimate of drug-likeness (QED) is 0.171. The molecule has 0 spiro atoms. The zero-order valence-electron chi connectivity index (χ0n) is 15.4. The molecule has 0 aliphatic carbocycles. The maximum Gasteiger partial charge on any atom is 0.397 e. The van der Waals surface area contributed by atoms with E-state index in [2.05, 4.69) is 14.8 Å². The number of hydrogen-bond donors (Lipinski definition) is 8. The van der Waals surface area contributed by atoms with Crippen molar-refractivity contribution in [2.24, 2.45) is 0 Å². The molecular formula is C14H26N2O12S. The molecule has 0 aromatic heterocycles. The Morgan fingerprint density at radius 3 is 2.41 bits per heavy atom. The number of nitrogens with one attached hydrogen (secondary N) is 2. The van der Waals surface area contributed by atoms with Crippen molar-refractivity contribution in [3.63, 3.8) is 0 Å². The molecule has 0 unspecified atom stereocenters. The summed E-state index contributed by atoms with van der Waals surface area (Å²) in [5.74, 6) is -0.618. The van der Waals surface area contributed by atoms with Crippen molar-refractivity contribution in [1.82, 2.24) is 10.6 Å². The number of amides is 1. The number of aliphatic hydroxyl groups is 5. The van der Waals surface area contributed by atoms with Crippen molar-refractivity contribution in [2.45, 2.75) is 61.9 Å². The Morgan fingerprint density at radius 1 is 1.21 bits per heavy atom. The summed E-state index contributed by atoms with van der Waals surface area (Å²) in [5.41, 5.74) is 0. The van der Waals surface area contributed by atoms with E-state index in [0.29, 0.717) is 0 Å². The highest BCUT2D eigenvalue weighted by Crippen LogP contribution is 2.26. The van der Waals surface area contributed by atoms with Gasteiger partial charge in [-0.1, -0.05) is 0 Å². The van der Waals surface area contributed by atoms with Gasteiger partial charge in [-0.25, -0.2) is 4.18 Å². The lowest BCUT2D eigenvalue weighted by Gasteiger charge is -2.46. The minimum Gasteiger partial charge on any atom is -0.395 e. The minimum atomic E-state index is -4.87. The number of carbonyl (C=O) groups excluding carboxylic acids is 1. The van der Waals surface area contributed by atoms with Crippen molar-refractivity contribution < 1.29 is 57.0 Å². The molecule has 2 heterocycles. The summed E-state index contributed by atoms with van der Waals surface area (Å²) >= 11 is 0. The van der Waals surface area contributed by atoms with Crippen LogP contribution < -0.4 is 10.6 Å². The number of rotatable bonds is 7. The van der Waals surface area contributed by atoms with Crippen LogP contribution >= 0.6 is 0 Å². The van der Waals surface area contributed by atoms with Gasteiger partial charge in [0.1, 0.15) is 36.6 Å². The first-order chi connectivity index (χ1) is 13.4. The molecule has 9 atom stereocenters. The van der Waals surface area contributed by atoms with E-state index in [1.807, 2.05) is 0 Å². The molecule has 1 amide bonds. The van der Waals surface area contributed by atoms with Crippen molar-refractivity contribution in [3.05, 3.63) is 0 Å². The summed E-state index contributed by atoms with van der Waals surface area (Å²) in [7, 11) is -4.87. The number of ether oxygens (including phenoxy) is 2. The smallest absolute Gasteiger partial charge is 0.395 e. The second kappa shape index (κ2) is 9.88. The van der Waals surface area contributed by atoms with Gasteiger partial charge in [-0.2, -0.15) is 8.42 Å². The van der Waals surface area contributed by atoms with Gasteiger partial charge in [0.15, 0.2) is 6.29 Å². The fourth-order valence-corrected chi connectivity index (χ4v) is 3.50. The lowest BCUT2D eigenvalue weighted by atomic mass is 9.94. The predicted octanol–water partition coefficient (Wildman–Crippen LogP) is -5.17. The lowest BCUT2D eigenvalue weighted by molar-refractivity contribution is -0.297. The van der Waals surface area contributed by atoms with Gasteiger partial charge in [-0.3, -0.25) is 9.35 Å². The van der Waals surface area contributed by atoms with E-state index in [4.69, 9.17) is 14.0 Å². The number of carbonyl (C=O) groups is 1. The highest BCUT2D eigenvalue weighted by atomic mass is 32.3. The zero-order chi connectivity index (χ0) is 21.9. The summed E-state index contributed by atoms with van der Waals surface area (Å²) in [6.07, 6.45) is -10.5. The van der Waals surface area contributed by atoms with Gasteiger partial charge < -0.3 is 45.6 Å². The monoisotopic (exact) mass is 446 g/mol.